The Hall–Kier alpha value is -2.66. The third kappa shape index (κ3) is 2.71. The molecule has 2 amide bonds. The second-order valence-electron chi connectivity index (χ2n) is 4.89. The molecule has 23 heavy (non-hydrogen) atoms. The van der Waals surface area contributed by atoms with E-state index in [-0.39, 0.29) is 11.8 Å². The number of ether oxygens (including phenoxy) is 1. The van der Waals surface area contributed by atoms with Gasteiger partial charge in [-0.05, 0) is 17.2 Å². The van der Waals surface area contributed by atoms with Crippen molar-refractivity contribution < 1.29 is 14.3 Å². The first kappa shape index (κ1) is 15.2. The Bertz CT molecular complexity index is 830. The van der Waals surface area contributed by atoms with Gasteiger partial charge in [0.25, 0.3) is 0 Å². The lowest BCUT2D eigenvalue weighted by Gasteiger charge is -2.10. The average molecular weight is 329 g/mol. The first-order valence-corrected chi connectivity index (χ1v) is 7.44. The predicted molar refractivity (Wildman–Crippen MR) is 89.3 cm³/mol. The number of methoxy groups -OCH3 is 1. The van der Waals surface area contributed by atoms with Crippen LogP contribution in [0.15, 0.2) is 47.5 Å². The molecule has 0 fully saturated rings. The Morgan fingerprint density at radius 2 is 1.78 bits per heavy atom. The van der Waals surface area contributed by atoms with Gasteiger partial charge < -0.3 is 10.1 Å². The lowest BCUT2D eigenvalue weighted by molar-refractivity contribution is -0.113. The maximum Gasteiger partial charge on any atom is 0.433 e. The summed E-state index contributed by atoms with van der Waals surface area (Å²) in [6.07, 6.45) is -0.693. The Morgan fingerprint density at radius 3 is 2.48 bits per heavy atom. The fourth-order valence-electron chi connectivity index (χ4n) is 2.63. The molecule has 0 heterocycles. The van der Waals surface area contributed by atoms with Crippen molar-refractivity contribution in [3.8, 4) is 11.1 Å². The Kier molecular flexibility index (Phi) is 4.12. The van der Waals surface area contributed by atoms with Crippen molar-refractivity contribution >= 4 is 35.0 Å². The van der Waals surface area contributed by atoms with E-state index in [1.807, 2.05) is 36.4 Å². The third-order valence-corrected chi connectivity index (χ3v) is 3.79. The molecule has 116 valence electrons. The summed E-state index contributed by atoms with van der Waals surface area (Å²) in [7, 11) is 1.27. The molecule has 6 heteroatoms. The second-order valence-corrected chi connectivity index (χ2v) is 5.15. The summed E-state index contributed by atoms with van der Waals surface area (Å²) < 4.78 is 4.65. The van der Waals surface area contributed by atoms with Crippen LogP contribution in [0.2, 0.25) is 0 Å². The van der Waals surface area contributed by atoms with Crippen molar-refractivity contribution in [2.75, 3.05) is 18.3 Å². The molecule has 0 saturated heterocycles. The zero-order valence-corrected chi connectivity index (χ0v) is 13.1. The van der Waals surface area contributed by atoms with E-state index < -0.39 is 6.09 Å². The Labute approximate surface area is 137 Å². The molecule has 0 spiro atoms. The SMILES string of the molecule is COC(=O)/N=C1\c2ccccc2-c2cccc(NC(=O)CCl)c21. The minimum atomic E-state index is -0.693. The number of hydrogen-bond donors (Lipinski definition) is 1. The number of halogens is 1. The number of hydrogen-bond acceptors (Lipinski definition) is 3. The summed E-state index contributed by atoms with van der Waals surface area (Å²) in [5, 5.41) is 2.74. The summed E-state index contributed by atoms with van der Waals surface area (Å²) in [5.41, 5.74) is 4.40. The maximum absolute atomic E-state index is 11.7. The fraction of sp³-hybridized carbons (Fsp3) is 0.118. The van der Waals surface area contributed by atoms with Crippen LogP contribution in [0, 0.1) is 0 Å². The molecule has 2 aromatic rings. The molecule has 0 aliphatic heterocycles. The number of alkyl halides is 1. The van der Waals surface area contributed by atoms with Crippen molar-refractivity contribution in [1.82, 2.24) is 0 Å². The number of carbonyl (C=O) groups is 2. The predicted octanol–water partition coefficient (Wildman–Crippen LogP) is 3.45. The minimum absolute atomic E-state index is 0.153. The van der Waals surface area contributed by atoms with E-state index in [0.29, 0.717) is 17.0 Å². The molecule has 0 aromatic heterocycles. The van der Waals surface area contributed by atoms with Crippen molar-refractivity contribution in [3.05, 3.63) is 53.6 Å². The van der Waals surface area contributed by atoms with E-state index in [9.17, 15) is 9.59 Å². The number of carbonyl (C=O) groups excluding carboxylic acids is 2. The lowest BCUT2D eigenvalue weighted by Crippen LogP contribution is -2.15. The summed E-state index contributed by atoms with van der Waals surface area (Å²) >= 11 is 5.57. The van der Waals surface area contributed by atoms with Crippen LogP contribution in [0.25, 0.3) is 11.1 Å². The number of amides is 2. The molecule has 1 aliphatic carbocycles. The molecule has 0 saturated carbocycles. The summed E-state index contributed by atoms with van der Waals surface area (Å²) in [4.78, 5) is 27.4. The quantitative estimate of drug-likeness (QED) is 0.733. The molecule has 3 rings (SSSR count). The number of rotatable bonds is 2. The van der Waals surface area contributed by atoms with Gasteiger partial charge in [0.05, 0.1) is 18.5 Å². The molecule has 0 unspecified atom stereocenters. The number of benzene rings is 2. The van der Waals surface area contributed by atoms with Gasteiger partial charge in [-0.25, -0.2) is 4.79 Å². The first-order valence-electron chi connectivity index (χ1n) is 6.91. The van der Waals surface area contributed by atoms with Crippen LogP contribution in [0.4, 0.5) is 10.5 Å². The van der Waals surface area contributed by atoms with E-state index in [0.717, 1.165) is 16.7 Å². The topological polar surface area (TPSA) is 67.8 Å². The highest BCUT2D eigenvalue weighted by atomic mass is 35.5. The van der Waals surface area contributed by atoms with Gasteiger partial charge in [-0.2, -0.15) is 4.99 Å². The van der Waals surface area contributed by atoms with E-state index in [2.05, 4.69) is 15.0 Å². The van der Waals surface area contributed by atoms with Crippen LogP contribution in [0.1, 0.15) is 11.1 Å². The van der Waals surface area contributed by atoms with Crippen LogP contribution in [-0.2, 0) is 9.53 Å². The highest BCUT2D eigenvalue weighted by molar-refractivity contribution is 6.31. The molecule has 1 N–H and O–H groups in total. The molecule has 1 aliphatic rings. The van der Waals surface area contributed by atoms with E-state index in [1.165, 1.54) is 7.11 Å². The monoisotopic (exact) mass is 328 g/mol. The zero-order valence-electron chi connectivity index (χ0n) is 12.3. The van der Waals surface area contributed by atoms with Crippen molar-refractivity contribution in [2.24, 2.45) is 4.99 Å². The van der Waals surface area contributed by atoms with Gasteiger partial charge in [0.15, 0.2) is 0 Å². The van der Waals surface area contributed by atoms with Gasteiger partial charge in [-0.15, -0.1) is 11.6 Å². The van der Waals surface area contributed by atoms with Gasteiger partial charge in [0.1, 0.15) is 5.88 Å². The minimum Gasteiger partial charge on any atom is -0.451 e. The highest BCUT2D eigenvalue weighted by Gasteiger charge is 2.28. The van der Waals surface area contributed by atoms with Gasteiger partial charge in [-0.3, -0.25) is 4.79 Å². The molecular formula is C17H13ClN2O3. The second kappa shape index (κ2) is 6.22. The molecule has 0 atom stereocenters. The number of nitrogens with zero attached hydrogens (tertiary/aromatic N) is 1. The smallest absolute Gasteiger partial charge is 0.433 e. The standard InChI is InChI=1S/C17H13ClN2O3/c1-23-17(22)20-16-12-6-3-2-5-10(12)11-7-4-8-13(15(11)16)19-14(21)9-18/h2-8H,9H2,1H3,(H,19,21)/b20-16+. The van der Waals surface area contributed by atoms with E-state index in [1.54, 1.807) is 6.07 Å². The zero-order chi connectivity index (χ0) is 16.4. The average Bonchev–Trinajstić information content (AvgIpc) is 2.90. The normalized spacial score (nSPS) is 13.4. The number of anilines is 1. The summed E-state index contributed by atoms with van der Waals surface area (Å²) in [6, 6.07) is 13.1. The van der Waals surface area contributed by atoms with Crippen LogP contribution < -0.4 is 5.32 Å². The summed E-state index contributed by atoms with van der Waals surface area (Å²) in [6.45, 7) is 0. The molecule has 0 bridgehead atoms. The molecule has 5 nitrogen and oxygen atoms in total. The van der Waals surface area contributed by atoms with Crippen molar-refractivity contribution in [1.29, 1.82) is 0 Å². The van der Waals surface area contributed by atoms with Gasteiger partial charge in [0.2, 0.25) is 5.91 Å². The number of fused-ring (bicyclic) bond motifs is 3. The number of aliphatic imine (C=N–C) groups is 1. The maximum atomic E-state index is 11.7. The number of nitrogens with one attached hydrogen (secondary N) is 1. The van der Waals surface area contributed by atoms with Crippen LogP contribution in [0.3, 0.4) is 0 Å². The lowest BCUT2D eigenvalue weighted by atomic mass is 10.0. The largest absolute Gasteiger partial charge is 0.451 e. The Balaban J connectivity index is 2.22. The van der Waals surface area contributed by atoms with Gasteiger partial charge >= 0.3 is 6.09 Å². The fourth-order valence-corrected chi connectivity index (χ4v) is 2.70. The van der Waals surface area contributed by atoms with Gasteiger partial charge in [-0.1, -0.05) is 36.4 Å². The highest BCUT2D eigenvalue weighted by Crippen LogP contribution is 2.40. The van der Waals surface area contributed by atoms with Crippen molar-refractivity contribution in [2.45, 2.75) is 0 Å². The first-order chi connectivity index (χ1) is 11.2. The van der Waals surface area contributed by atoms with Crippen molar-refractivity contribution in [3.63, 3.8) is 0 Å². The molecule has 2 aromatic carbocycles. The Morgan fingerprint density at radius 1 is 1.09 bits per heavy atom. The van der Waals surface area contributed by atoms with E-state index >= 15 is 0 Å². The third-order valence-electron chi connectivity index (χ3n) is 3.55. The van der Waals surface area contributed by atoms with E-state index in [4.69, 9.17) is 11.6 Å². The molecular weight excluding hydrogens is 316 g/mol. The van der Waals surface area contributed by atoms with Crippen LogP contribution >= 0.6 is 11.6 Å². The van der Waals surface area contributed by atoms with Gasteiger partial charge in [0, 0.05) is 11.1 Å². The summed E-state index contributed by atoms with van der Waals surface area (Å²) in [5.74, 6) is -0.478. The molecule has 0 radical (unpaired) electrons. The van der Waals surface area contributed by atoms with Crippen LogP contribution in [0.5, 0.6) is 0 Å². The van der Waals surface area contributed by atoms with Crippen LogP contribution in [-0.4, -0.2) is 30.7 Å².